The lowest BCUT2D eigenvalue weighted by Crippen LogP contribution is -2.53. The van der Waals surface area contributed by atoms with E-state index in [0.717, 1.165) is 10.6 Å². The van der Waals surface area contributed by atoms with Gasteiger partial charge in [0.2, 0.25) is 11.8 Å². The number of carbonyl (C=O) groups excluding carboxylic acids is 4. The molecule has 0 aromatic heterocycles. The fourth-order valence-corrected chi connectivity index (χ4v) is 8.44. The van der Waals surface area contributed by atoms with Crippen molar-refractivity contribution >= 4 is 56.8 Å². The number of methoxy groups -OCH3 is 1. The van der Waals surface area contributed by atoms with Gasteiger partial charge in [0.25, 0.3) is 11.8 Å². The van der Waals surface area contributed by atoms with Gasteiger partial charge in [-0.25, -0.2) is 4.39 Å². The molecule has 2 aliphatic heterocycles. The Kier molecular flexibility index (Phi) is 7.01. The average molecular weight is 695 g/mol. The smallest absolute Gasteiger partial charge is 0.260 e. The number of hydrogen-bond donors (Lipinski definition) is 3. The summed E-state index contributed by atoms with van der Waals surface area (Å²) in [6.07, 6.45) is 2.32. The van der Waals surface area contributed by atoms with Crippen molar-refractivity contribution in [3.8, 4) is 11.5 Å². The molecule has 9 nitrogen and oxygen atoms in total. The number of halogens is 3. The number of fused-ring (bicyclic) bond motifs is 4. The van der Waals surface area contributed by atoms with Gasteiger partial charge >= 0.3 is 0 Å². The van der Waals surface area contributed by atoms with Gasteiger partial charge in [0.1, 0.15) is 5.82 Å². The van der Waals surface area contributed by atoms with Crippen molar-refractivity contribution in [3.63, 3.8) is 0 Å². The molecule has 230 valence electrons. The minimum absolute atomic E-state index is 0.120. The van der Waals surface area contributed by atoms with E-state index in [1.807, 2.05) is 6.08 Å². The van der Waals surface area contributed by atoms with Crippen molar-refractivity contribution in [3.05, 3.63) is 98.8 Å². The second-order valence-corrected chi connectivity index (χ2v) is 13.1. The summed E-state index contributed by atoms with van der Waals surface area (Å²) in [6.45, 7) is 0. The maximum atomic E-state index is 15.0. The number of nitrogens with zero attached hydrogens (tertiary/aromatic N) is 1. The second-order valence-electron chi connectivity index (χ2n) is 11.8. The summed E-state index contributed by atoms with van der Waals surface area (Å²) in [4.78, 5) is 55.5. The maximum Gasteiger partial charge on any atom is 0.260 e. The van der Waals surface area contributed by atoms with Crippen molar-refractivity contribution < 1.29 is 33.4 Å². The molecule has 3 fully saturated rings. The minimum Gasteiger partial charge on any atom is -0.503 e. The highest BCUT2D eigenvalue weighted by molar-refractivity contribution is 9.10. The van der Waals surface area contributed by atoms with E-state index in [1.165, 1.54) is 31.4 Å². The number of anilines is 1. The summed E-state index contributed by atoms with van der Waals surface area (Å²) in [6, 6.07) is 15.3. The highest BCUT2D eigenvalue weighted by Crippen LogP contribution is 2.64. The molecule has 4 aliphatic rings. The van der Waals surface area contributed by atoms with Crippen molar-refractivity contribution in [2.45, 2.75) is 24.2 Å². The van der Waals surface area contributed by atoms with Crippen LogP contribution in [-0.2, 0) is 24.6 Å². The van der Waals surface area contributed by atoms with Gasteiger partial charge in [-0.05, 0) is 94.3 Å². The molecule has 7 rings (SSSR count). The van der Waals surface area contributed by atoms with E-state index < -0.39 is 58.5 Å². The van der Waals surface area contributed by atoms with Crippen LogP contribution in [0, 0.1) is 29.5 Å². The van der Waals surface area contributed by atoms with E-state index in [1.54, 1.807) is 36.4 Å². The van der Waals surface area contributed by atoms with Crippen molar-refractivity contribution in [2.24, 2.45) is 23.7 Å². The van der Waals surface area contributed by atoms with Crippen molar-refractivity contribution in [1.29, 1.82) is 0 Å². The molecule has 45 heavy (non-hydrogen) atoms. The Bertz CT molecular complexity index is 1820. The van der Waals surface area contributed by atoms with Crippen LogP contribution in [0.3, 0.4) is 0 Å². The number of allylic oxidation sites excluding steroid dienone is 2. The summed E-state index contributed by atoms with van der Waals surface area (Å²) < 4.78 is 19.5. The number of nitrogens with one attached hydrogen (secondary N) is 2. The fourth-order valence-electron chi connectivity index (χ4n) is 7.86. The minimum atomic E-state index is -1.54. The molecule has 1 saturated carbocycles. The number of imide groups is 2. The Morgan fingerprint density at radius 3 is 2.44 bits per heavy atom. The van der Waals surface area contributed by atoms with Crippen LogP contribution < -0.4 is 15.5 Å². The zero-order valence-electron chi connectivity index (χ0n) is 23.7. The number of benzene rings is 3. The van der Waals surface area contributed by atoms with Crippen LogP contribution in [0.4, 0.5) is 10.1 Å². The first-order valence-corrected chi connectivity index (χ1v) is 15.5. The van der Waals surface area contributed by atoms with E-state index in [9.17, 15) is 23.9 Å². The molecule has 0 bridgehead atoms. The van der Waals surface area contributed by atoms with Gasteiger partial charge in [-0.2, -0.15) is 5.01 Å². The van der Waals surface area contributed by atoms with E-state index in [-0.39, 0.29) is 30.2 Å². The predicted octanol–water partition coefficient (Wildman–Crippen LogP) is 5.23. The SMILES string of the molecule is COc1cc([C@H]2C3=CC[C@@H]4C(=O)NC(=O)[C@@H]4[C@@H]3C[C@H]3C(=O)N(Nc4ccc(F)cc4)C(=O)[C@@]23c2ccc(Cl)cc2)cc(Br)c1O. The Labute approximate surface area is 270 Å². The van der Waals surface area contributed by atoms with Crippen molar-refractivity contribution in [1.82, 2.24) is 10.3 Å². The normalized spacial score (nSPS) is 28.7. The van der Waals surface area contributed by atoms with Gasteiger partial charge in [0, 0.05) is 10.9 Å². The molecule has 0 unspecified atom stereocenters. The summed E-state index contributed by atoms with van der Waals surface area (Å²) in [5.41, 5.74) is 3.52. The number of amides is 4. The topological polar surface area (TPSA) is 125 Å². The third kappa shape index (κ3) is 4.31. The highest BCUT2D eigenvalue weighted by atomic mass is 79.9. The van der Waals surface area contributed by atoms with E-state index in [2.05, 4.69) is 26.7 Å². The van der Waals surface area contributed by atoms with Gasteiger partial charge in [0.15, 0.2) is 11.5 Å². The Balaban J connectivity index is 1.50. The highest BCUT2D eigenvalue weighted by Gasteiger charge is 2.70. The van der Waals surface area contributed by atoms with Crippen LogP contribution >= 0.6 is 27.5 Å². The lowest BCUT2D eigenvalue weighted by molar-refractivity contribution is -0.138. The zero-order chi connectivity index (χ0) is 31.8. The molecule has 3 aromatic rings. The second kappa shape index (κ2) is 10.7. The van der Waals surface area contributed by atoms with Crippen LogP contribution in [-0.4, -0.2) is 40.9 Å². The van der Waals surface area contributed by atoms with Crippen LogP contribution in [0.5, 0.6) is 11.5 Å². The molecule has 0 spiro atoms. The zero-order valence-corrected chi connectivity index (χ0v) is 26.1. The number of rotatable bonds is 5. The van der Waals surface area contributed by atoms with E-state index in [4.69, 9.17) is 16.3 Å². The molecular weight excluding hydrogens is 669 g/mol. The number of phenols is 1. The van der Waals surface area contributed by atoms with Crippen LogP contribution in [0.25, 0.3) is 0 Å². The monoisotopic (exact) mass is 693 g/mol. The molecule has 12 heteroatoms. The number of phenolic OH excluding ortho intramolecular Hbond substituents is 1. The predicted molar refractivity (Wildman–Crippen MR) is 165 cm³/mol. The molecule has 2 aliphatic carbocycles. The van der Waals surface area contributed by atoms with Crippen LogP contribution in [0.1, 0.15) is 29.9 Å². The van der Waals surface area contributed by atoms with Gasteiger partial charge < -0.3 is 9.84 Å². The van der Waals surface area contributed by atoms with E-state index >= 15 is 4.79 Å². The lowest BCUT2D eigenvalue weighted by atomic mass is 9.49. The largest absolute Gasteiger partial charge is 0.503 e. The Morgan fingerprint density at radius 2 is 1.76 bits per heavy atom. The number of hydrazine groups is 1. The van der Waals surface area contributed by atoms with Crippen LogP contribution in [0.15, 0.2) is 76.8 Å². The summed E-state index contributed by atoms with van der Waals surface area (Å²) >= 11 is 9.71. The molecule has 6 atom stereocenters. The Hall–Kier alpha value is -4.22. The average Bonchev–Trinajstić information content (AvgIpc) is 3.43. The third-order valence-electron chi connectivity index (χ3n) is 9.70. The molecule has 3 N–H and O–H groups in total. The van der Waals surface area contributed by atoms with Crippen molar-refractivity contribution in [2.75, 3.05) is 12.5 Å². The Morgan fingerprint density at radius 1 is 1.04 bits per heavy atom. The lowest BCUT2D eigenvalue weighted by Gasteiger charge is -2.50. The number of aromatic hydroxyl groups is 1. The maximum absolute atomic E-state index is 15.0. The summed E-state index contributed by atoms with van der Waals surface area (Å²) in [5.74, 6) is -5.95. The van der Waals surface area contributed by atoms with Gasteiger partial charge in [-0.15, -0.1) is 0 Å². The van der Waals surface area contributed by atoms with Gasteiger partial charge in [-0.1, -0.05) is 35.4 Å². The van der Waals surface area contributed by atoms with Crippen LogP contribution in [0.2, 0.25) is 5.02 Å². The fraction of sp³-hybridized carbons (Fsp3) is 0.273. The quantitative estimate of drug-likeness (QED) is 0.247. The summed E-state index contributed by atoms with van der Waals surface area (Å²) in [5, 5.41) is 14.6. The van der Waals surface area contributed by atoms with Gasteiger partial charge in [0.05, 0.1) is 40.4 Å². The number of carbonyl (C=O) groups is 4. The summed E-state index contributed by atoms with van der Waals surface area (Å²) in [7, 11) is 1.41. The third-order valence-corrected chi connectivity index (χ3v) is 10.6. The molecule has 0 radical (unpaired) electrons. The molecule has 2 saturated heterocycles. The van der Waals surface area contributed by atoms with Gasteiger partial charge in [-0.3, -0.25) is 29.9 Å². The first-order chi connectivity index (χ1) is 21.6. The number of hydrogen-bond acceptors (Lipinski definition) is 7. The molecule has 3 aromatic carbocycles. The standard InChI is InChI=1S/C33H26BrClFN3O6/c1-45-25-13-15(12-24(34)28(25)40)27-20-10-11-21-26(30(42)37-29(21)41)22(20)14-23-31(43)39(38-19-8-6-18(36)7-9-19)32(44)33(23,27)16-2-4-17(35)5-3-16/h2-10,12-13,21-23,26-27,38,40H,11,14H2,1H3,(H,37,41,42)/t21-,22+,23-,26-,27-,33+/m0/s1. The molecule has 2 heterocycles. The first-order valence-electron chi connectivity index (χ1n) is 14.3. The van der Waals surface area contributed by atoms with E-state index in [0.29, 0.717) is 26.3 Å². The molecular formula is C33H26BrClFN3O6. The molecule has 4 amide bonds. The first kappa shape index (κ1) is 29.5. The number of ether oxygens (including phenoxy) is 1.